The molecule has 4 heteroatoms. The average molecular weight is 253 g/mol. The maximum Gasteiger partial charge on any atom is 0.222 e. The summed E-state index contributed by atoms with van der Waals surface area (Å²) >= 11 is 5.84. The summed E-state index contributed by atoms with van der Waals surface area (Å²) in [5.74, 6) is 0.242. The van der Waals surface area contributed by atoms with Gasteiger partial charge in [0.25, 0.3) is 0 Å². The first kappa shape index (κ1) is 12.4. The maximum atomic E-state index is 11.9. The molecule has 1 saturated heterocycles. The summed E-state index contributed by atoms with van der Waals surface area (Å²) in [6.45, 7) is 1.42. The number of halogens is 1. The van der Waals surface area contributed by atoms with E-state index in [0.29, 0.717) is 18.1 Å². The highest BCUT2D eigenvalue weighted by atomic mass is 35.5. The Morgan fingerprint density at radius 1 is 1.24 bits per heavy atom. The molecule has 1 amide bonds. The quantitative estimate of drug-likeness (QED) is 0.758. The molecule has 0 saturated carbocycles. The van der Waals surface area contributed by atoms with Crippen molar-refractivity contribution in [3.05, 3.63) is 29.0 Å². The summed E-state index contributed by atoms with van der Waals surface area (Å²) in [5.41, 5.74) is 0.867. The average Bonchev–Trinajstić information content (AvgIpc) is 2.29. The predicted octanol–water partition coefficient (Wildman–Crippen LogP) is 3.03. The lowest BCUT2D eigenvalue weighted by atomic mass is 10.1. The largest absolute Gasteiger partial charge is 0.337 e. The first-order chi connectivity index (χ1) is 8.25. The molecule has 0 bridgehead atoms. The molecule has 0 spiro atoms. The summed E-state index contributed by atoms with van der Waals surface area (Å²) in [6, 6.07) is 5.54. The second-order valence-electron chi connectivity index (χ2n) is 4.43. The molecule has 0 unspecified atom stereocenters. The van der Waals surface area contributed by atoms with Crippen LogP contribution >= 0.6 is 11.6 Å². The molecular formula is C13H17ClN2O. The van der Waals surface area contributed by atoms with Gasteiger partial charge in [0, 0.05) is 13.0 Å². The lowest BCUT2D eigenvalue weighted by Gasteiger charge is -2.24. The first-order valence-corrected chi connectivity index (χ1v) is 6.53. The van der Waals surface area contributed by atoms with Gasteiger partial charge in [0.15, 0.2) is 0 Å². The number of carbonyl (C=O) groups excluding carboxylic acids is 1. The summed E-state index contributed by atoms with van der Waals surface area (Å²) in [5, 5.41) is 0.488. The van der Waals surface area contributed by atoms with Crippen molar-refractivity contribution in [3.63, 3.8) is 0 Å². The van der Waals surface area contributed by atoms with Crippen molar-refractivity contribution in [1.29, 1.82) is 0 Å². The summed E-state index contributed by atoms with van der Waals surface area (Å²) in [4.78, 5) is 18.0. The van der Waals surface area contributed by atoms with Gasteiger partial charge >= 0.3 is 0 Å². The van der Waals surface area contributed by atoms with Gasteiger partial charge < -0.3 is 4.90 Å². The molecule has 1 aromatic rings. The Morgan fingerprint density at radius 3 is 2.88 bits per heavy atom. The summed E-state index contributed by atoms with van der Waals surface area (Å²) in [6.07, 6.45) is 5.16. The molecule has 2 rings (SSSR count). The first-order valence-electron chi connectivity index (χ1n) is 6.15. The Hall–Kier alpha value is -1.09. The van der Waals surface area contributed by atoms with Gasteiger partial charge in [-0.3, -0.25) is 4.79 Å². The van der Waals surface area contributed by atoms with Crippen LogP contribution in [0.5, 0.6) is 0 Å². The zero-order valence-corrected chi connectivity index (χ0v) is 10.6. The molecule has 1 aromatic heterocycles. The molecule has 1 aliphatic rings. The molecular weight excluding hydrogens is 236 g/mol. The third kappa shape index (κ3) is 3.70. The molecule has 0 N–H and O–H groups in total. The molecule has 1 aliphatic heterocycles. The van der Waals surface area contributed by atoms with E-state index in [2.05, 4.69) is 4.98 Å². The Bertz CT molecular complexity index is 395. The van der Waals surface area contributed by atoms with Crippen LogP contribution in [0.3, 0.4) is 0 Å². The van der Waals surface area contributed by atoms with Gasteiger partial charge in [-0.05, 0) is 25.0 Å². The van der Waals surface area contributed by atoms with Crippen molar-refractivity contribution in [2.24, 2.45) is 0 Å². The highest BCUT2D eigenvalue weighted by molar-refractivity contribution is 6.29. The van der Waals surface area contributed by atoms with E-state index in [4.69, 9.17) is 11.6 Å². The standard InChI is InChI=1S/C13H17ClN2O/c14-12-7-5-6-11(15-12)10-16-9-4-2-1-3-8-13(16)17/h5-7H,1-4,8-10H2. The molecule has 0 atom stereocenters. The summed E-state index contributed by atoms with van der Waals surface area (Å²) in [7, 11) is 0. The highest BCUT2D eigenvalue weighted by Gasteiger charge is 2.16. The second-order valence-corrected chi connectivity index (χ2v) is 4.82. The maximum absolute atomic E-state index is 11.9. The van der Waals surface area contributed by atoms with Crippen molar-refractivity contribution >= 4 is 17.5 Å². The highest BCUT2D eigenvalue weighted by Crippen LogP contribution is 2.14. The van der Waals surface area contributed by atoms with E-state index in [9.17, 15) is 4.79 Å². The molecule has 0 radical (unpaired) electrons. The van der Waals surface area contributed by atoms with Gasteiger partial charge in [-0.25, -0.2) is 4.98 Å². The fraction of sp³-hybridized carbons (Fsp3) is 0.538. The molecule has 17 heavy (non-hydrogen) atoms. The van der Waals surface area contributed by atoms with Crippen molar-refractivity contribution in [2.45, 2.75) is 38.6 Å². The van der Waals surface area contributed by atoms with Crippen LogP contribution in [0.2, 0.25) is 5.15 Å². The minimum atomic E-state index is 0.242. The zero-order chi connectivity index (χ0) is 12.1. The van der Waals surface area contributed by atoms with Crippen LogP contribution in [-0.2, 0) is 11.3 Å². The van der Waals surface area contributed by atoms with E-state index in [1.165, 1.54) is 12.8 Å². The fourth-order valence-corrected chi connectivity index (χ4v) is 2.30. The lowest BCUT2D eigenvalue weighted by Crippen LogP contribution is -2.32. The number of hydrogen-bond acceptors (Lipinski definition) is 2. The Kier molecular flexibility index (Phi) is 4.37. The van der Waals surface area contributed by atoms with E-state index in [0.717, 1.165) is 25.1 Å². The van der Waals surface area contributed by atoms with Gasteiger partial charge in [-0.2, -0.15) is 0 Å². The van der Waals surface area contributed by atoms with Crippen LogP contribution in [-0.4, -0.2) is 22.3 Å². The number of amides is 1. The number of aromatic nitrogens is 1. The van der Waals surface area contributed by atoms with Gasteiger partial charge in [-0.15, -0.1) is 0 Å². The van der Waals surface area contributed by atoms with Crippen molar-refractivity contribution in [2.75, 3.05) is 6.54 Å². The number of carbonyl (C=O) groups is 1. The van der Waals surface area contributed by atoms with Crippen LogP contribution in [0.25, 0.3) is 0 Å². The molecule has 92 valence electrons. The number of likely N-dealkylation sites (tertiary alicyclic amines) is 1. The third-order valence-electron chi connectivity index (χ3n) is 3.05. The van der Waals surface area contributed by atoms with E-state index in [-0.39, 0.29) is 5.91 Å². The van der Waals surface area contributed by atoms with Crippen molar-refractivity contribution < 1.29 is 4.79 Å². The number of rotatable bonds is 2. The van der Waals surface area contributed by atoms with Crippen LogP contribution in [0.1, 0.15) is 37.8 Å². The fourth-order valence-electron chi connectivity index (χ4n) is 2.12. The Labute approximate surface area is 107 Å². The predicted molar refractivity (Wildman–Crippen MR) is 67.7 cm³/mol. The topological polar surface area (TPSA) is 33.2 Å². The smallest absolute Gasteiger partial charge is 0.222 e. The minimum absolute atomic E-state index is 0.242. The van der Waals surface area contributed by atoms with Crippen LogP contribution in [0, 0.1) is 0 Å². The second kappa shape index (κ2) is 6.01. The normalized spacial score (nSPS) is 17.7. The Balaban J connectivity index is 2.02. The van der Waals surface area contributed by atoms with E-state index in [1.807, 2.05) is 17.0 Å². The molecule has 3 nitrogen and oxygen atoms in total. The Morgan fingerprint density at radius 2 is 2.06 bits per heavy atom. The molecule has 2 heterocycles. The summed E-state index contributed by atoms with van der Waals surface area (Å²) < 4.78 is 0. The number of hydrogen-bond donors (Lipinski definition) is 0. The van der Waals surface area contributed by atoms with Gasteiger partial charge in [-0.1, -0.05) is 30.5 Å². The molecule has 0 aromatic carbocycles. The lowest BCUT2D eigenvalue weighted by molar-refractivity contribution is -0.132. The SMILES string of the molecule is O=C1CCCCCCN1Cc1cccc(Cl)n1. The van der Waals surface area contributed by atoms with Crippen LogP contribution in [0.4, 0.5) is 0 Å². The van der Waals surface area contributed by atoms with Crippen LogP contribution in [0.15, 0.2) is 18.2 Å². The van der Waals surface area contributed by atoms with Gasteiger partial charge in [0.1, 0.15) is 5.15 Å². The van der Waals surface area contributed by atoms with Crippen molar-refractivity contribution in [1.82, 2.24) is 9.88 Å². The van der Waals surface area contributed by atoms with Crippen molar-refractivity contribution in [3.8, 4) is 0 Å². The van der Waals surface area contributed by atoms with E-state index >= 15 is 0 Å². The van der Waals surface area contributed by atoms with Gasteiger partial charge in [0.05, 0.1) is 12.2 Å². The van der Waals surface area contributed by atoms with Crippen LogP contribution < -0.4 is 0 Å². The monoisotopic (exact) mass is 252 g/mol. The zero-order valence-electron chi connectivity index (χ0n) is 9.86. The molecule has 1 fully saturated rings. The third-order valence-corrected chi connectivity index (χ3v) is 3.26. The minimum Gasteiger partial charge on any atom is -0.337 e. The number of nitrogens with zero attached hydrogens (tertiary/aromatic N) is 2. The van der Waals surface area contributed by atoms with E-state index < -0.39 is 0 Å². The van der Waals surface area contributed by atoms with Gasteiger partial charge in [0.2, 0.25) is 5.91 Å². The van der Waals surface area contributed by atoms with E-state index in [1.54, 1.807) is 6.07 Å². The molecule has 0 aliphatic carbocycles. The number of pyridine rings is 1.